The lowest BCUT2D eigenvalue weighted by molar-refractivity contribution is 0.0632. The Bertz CT molecular complexity index is 1140. The number of nitrogens with two attached hydrogens (primary N) is 1. The molecule has 0 spiro atoms. The highest BCUT2D eigenvalue weighted by Gasteiger charge is 2.28. The molecule has 3 N–H and O–H groups in total. The Labute approximate surface area is 181 Å². The SMILES string of the molecule is Cc1cc(O)cc(C(=O)N2CCC[C@H](COc3cccc4c3C(N)=NS(=O)(=O)C4)C2)c1. The van der Waals surface area contributed by atoms with E-state index in [0.717, 1.165) is 18.4 Å². The molecule has 31 heavy (non-hydrogen) atoms. The van der Waals surface area contributed by atoms with E-state index in [9.17, 15) is 18.3 Å². The summed E-state index contributed by atoms with van der Waals surface area (Å²) in [7, 11) is -3.60. The predicted molar refractivity (Wildman–Crippen MR) is 117 cm³/mol. The maximum absolute atomic E-state index is 12.9. The summed E-state index contributed by atoms with van der Waals surface area (Å²) in [6.07, 6.45) is 1.77. The topological polar surface area (TPSA) is 122 Å². The van der Waals surface area contributed by atoms with Gasteiger partial charge in [-0.2, -0.15) is 0 Å². The van der Waals surface area contributed by atoms with E-state index >= 15 is 0 Å². The summed E-state index contributed by atoms with van der Waals surface area (Å²) in [5.74, 6) is 0.336. The van der Waals surface area contributed by atoms with Crippen molar-refractivity contribution in [2.45, 2.75) is 25.5 Å². The second kappa shape index (κ2) is 8.22. The second-order valence-electron chi connectivity index (χ2n) is 8.12. The van der Waals surface area contributed by atoms with Crippen LogP contribution in [0.4, 0.5) is 0 Å². The minimum atomic E-state index is -3.60. The third kappa shape index (κ3) is 4.66. The van der Waals surface area contributed by atoms with Crippen molar-refractivity contribution >= 4 is 21.8 Å². The summed E-state index contributed by atoms with van der Waals surface area (Å²) in [5.41, 5.74) is 8.30. The van der Waals surface area contributed by atoms with Crippen LogP contribution in [0.15, 0.2) is 40.8 Å². The van der Waals surface area contributed by atoms with Gasteiger partial charge in [0.2, 0.25) is 0 Å². The molecular formula is C22H25N3O5S. The Morgan fingerprint density at radius 1 is 1.32 bits per heavy atom. The Morgan fingerprint density at radius 2 is 2.13 bits per heavy atom. The zero-order chi connectivity index (χ0) is 22.2. The number of likely N-dealkylation sites (tertiary alicyclic amines) is 1. The van der Waals surface area contributed by atoms with Crippen molar-refractivity contribution in [1.82, 2.24) is 4.90 Å². The van der Waals surface area contributed by atoms with Crippen LogP contribution in [0.2, 0.25) is 0 Å². The van der Waals surface area contributed by atoms with Gasteiger partial charge in [-0.05, 0) is 55.2 Å². The van der Waals surface area contributed by atoms with Gasteiger partial charge in [0.25, 0.3) is 15.9 Å². The highest BCUT2D eigenvalue weighted by Crippen LogP contribution is 2.29. The van der Waals surface area contributed by atoms with E-state index in [1.54, 1.807) is 35.2 Å². The van der Waals surface area contributed by atoms with Gasteiger partial charge in [-0.3, -0.25) is 4.79 Å². The number of piperidine rings is 1. The summed E-state index contributed by atoms with van der Waals surface area (Å²) in [6, 6.07) is 10.1. The van der Waals surface area contributed by atoms with Gasteiger partial charge in [-0.15, -0.1) is 4.40 Å². The zero-order valence-corrected chi connectivity index (χ0v) is 18.1. The van der Waals surface area contributed by atoms with Gasteiger partial charge in [0.15, 0.2) is 0 Å². The number of aromatic hydroxyl groups is 1. The number of phenolic OH excluding ortho intramolecular Hbond substituents is 1. The van der Waals surface area contributed by atoms with Crippen LogP contribution in [0, 0.1) is 12.8 Å². The molecule has 0 radical (unpaired) electrons. The number of sulfonamides is 1. The van der Waals surface area contributed by atoms with Crippen LogP contribution in [0.5, 0.6) is 11.5 Å². The fraction of sp³-hybridized carbons (Fsp3) is 0.364. The molecule has 0 aromatic heterocycles. The molecule has 8 nitrogen and oxygen atoms in total. The lowest BCUT2D eigenvalue weighted by atomic mass is 9.97. The number of benzene rings is 2. The van der Waals surface area contributed by atoms with Crippen LogP contribution in [-0.4, -0.2) is 49.9 Å². The molecule has 2 aliphatic rings. The van der Waals surface area contributed by atoms with Gasteiger partial charge in [0, 0.05) is 24.6 Å². The van der Waals surface area contributed by atoms with E-state index in [1.807, 2.05) is 6.92 Å². The molecule has 2 aromatic rings. The van der Waals surface area contributed by atoms with Crippen LogP contribution < -0.4 is 10.5 Å². The van der Waals surface area contributed by atoms with E-state index in [2.05, 4.69) is 4.40 Å². The summed E-state index contributed by atoms with van der Waals surface area (Å²) in [5, 5.41) is 9.81. The Balaban J connectivity index is 1.45. The molecule has 9 heteroatoms. The van der Waals surface area contributed by atoms with E-state index in [4.69, 9.17) is 10.5 Å². The molecular weight excluding hydrogens is 418 g/mol. The molecule has 0 unspecified atom stereocenters. The number of fused-ring (bicyclic) bond motifs is 1. The molecule has 2 aliphatic heterocycles. The lowest BCUT2D eigenvalue weighted by Crippen LogP contribution is -2.41. The number of hydrogen-bond acceptors (Lipinski definition) is 6. The number of amidine groups is 1. The maximum Gasteiger partial charge on any atom is 0.259 e. The average molecular weight is 444 g/mol. The lowest BCUT2D eigenvalue weighted by Gasteiger charge is -2.33. The molecule has 1 saturated heterocycles. The number of carbonyl (C=O) groups excluding carboxylic acids is 1. The monoisotopic (exact) mass is 443 g/mol. The fourth-order valence-corrected chi connectivity index (χ4v) is 5.28. The van der Waals surface area contributed by atoms with Crippen LogP contribution in [0.3, 0.4) is 0 Å². The molecule has 164 valence electrons. The zero-order valence-electron chi connectivity index (χ0n) is 17.2. The van der Waals surface area contributed by atoms with Gasteiger partial charge in [-0.1, -0.05) is 12.1 Å². The minimum absolute atomic E-state index is 0.0587. The molecule has 0 aliphatic carbocycles. The molecule has 1 amide bonds. The predicted octanol–water partition coefficient (Wildman–Crippen LogP) is 2.18. The largest absolute Gasteiger partial charge is 0.508 e. The quantitative estimate of drug-likeness (QED) is 0.747. The van der Waals surface area contributed by atoms with E-state index < -0.39 is 10.0 Å². The molecule has 2 aromatic carbocycles. The molecule has 0 saturated carbocycles. The van der Waals surface area contributed by atoms with Crippen molar-refractivity contribution in [3.63, 3.8) is 0 Å². The first-order valence-corrected chi connectivity index (χ1v) is 11.8. The van der Waals surface area contributed by atoms with Crippen molar-refractivity contribution < 1.29 is 23.1 Å². The minimum Gasteiger partial charge on any atom is -0.508 e. The van der Waals surface area contributed by atoms with E-state index in [1.165, 1.54) is 6.07 Å². The van der Waals surface area contributed by atoms with Gasteiger partial charge in [0.1, 0.15) is 17.3 Å². The Kier molecular flexibility index (Phi) is 5.62. The van der Waals surface area contributed by atoms with Crippen LogP contribution >= 0.6 is 0 Å². The first-order valence-electron chi connectivity index (χ1n) is 10.1. The fourth-order valence-electron chi connectivity index (χ4n) is 4.19. The van der Waals surface area contributed by atoms with Crippen molar-refractivity contribution in [3.8, 4) is 11.5 Å². The molecule has 0 bridgehead atoms. The van der Waals surface area contributed by atoms with Gasteiger partial charge < -0.3 is 20.5 Å². The van der Waals surface area contributed by atoms with Crippen LogP contribution in [0.1, 0.15) is 39.9 Å². The Hall–Kier alpha value is -3.07. The number of ether oxygens (including phenoxy) is 1. The van der Waals surface area contributed by atoms with Gasteiger partial charge >= 0.3 is 0 Å². The number of amides is 1. The first kappa shape index (κ1) is 21.2. The Morgan fingerprint density at radius 3 is 2.90 bits per heavy atom. The molecule has 2 heterocycles. The smallest absolute Gasteiger partial charge is 0.259 e. The summed E-state index contributed by atoms with van der Waals surface area (Å²) < 4.78 is 33.3. The third-order valence-electron chi connectivity index (χ3n) is 5.53. The highest BCUT2D eigenvalue weighted by molar-refractivity contribution is 7.89. The number of carbonyl (C=O) groups is 1. The molecule has 1 atom stereocenters. The summed E-state index contributed by atoms with van der Waals surface area (Å²) >= 11 is 0. The number of nitrogens with zero attached hydrogens (tertiary/aromatic N) is 2. The van der Waals surface area contributed by atoms with Crippen LogP contribution in [-0.2, 0) is 15.8 Å². The van der Waals surface area contributed by atoms with Crippen molar-refractivity contribution in [2.75, 3.05) is 19.7 Å². The first-order chi connectivity index (χ1) is 14.7. The van der Waals surface area contributed by atoms with Crippen molar-refractivity contribution in [3.05, 3.63) is 58.7 Å². The summed E-state index contributed by atoms with van der Waals surface area (Å²) in [4.78, 5) is 14.7. The van der Waals surface area contributed by atoms with E-state index in [0.29, 0.717) is 42.1 Å². The number of hydrogen-bond donors (Lipinski definition) is 2. The van der Waals surface area contributed by atoms with E-state index in [-0.39, 0.29) is 29.2 Å². The number of aryl methyl sites for hydroxylation is 1. The molecule has 4 rings (SSSR count). The highest BCUT2D eigenvalue weighted by atomic mass is 32.2. The number of phenols is 1. The van der Waals surface area contributed by atoms with Gasteiger partial charge in [-0.25, -0.2) is 8.42 Å². The third-order valence-corrected chi connectivity index (χ3v) is 6.68. The average Bonchev–Trinajstić information content (AvgIpc) is 2.70. The molecule has 1 fully saturated rings. The maximum atomic E-state index is 12.9. The van der Waals surface area contributed by atoms with Crippen molar-refractivity contribution in [2.24, 2.45) is 16.0 Å². The normalized spacial score (nSPS) is 20.0. The van der Waals surface area contributed by atoms with Gasteiger partial charge in [0.05, 0.1) is 17.9 Å². The second-order valence-corrected chi connectivity index (χ2v) is 9.76. The number of rotatable bonds is 4. The van der Waals surface area contributed by atoms with Crippen molar-refractivity contribution in [1.29, 1.82) is 0 Å². The standard InChI is InChI=1S/C22H25N3O5S/c1-14-8-17(10-18(26)9-14)22(27)25-7-3-4-15(11-25)12-30-19-6-2-5-16-13-31(28,29)24-21(23)20(16)19/h2,5-6,8-10,15,26H,3-4,7,11-13H2,1H3,(H2,23,24)/t15-/m0/s1. The summed E-state index contributed by atoms with van der Waals surface area (Å²) in [6.45, 7) is 3.41. The van der Waals surface area contributed by atoms with Crippen LogP contribution in [0.25, 0.3) is 0 Å².